The van der Waals surface area contributed by atoms with Crippen LogP contribution in [0.1, 0.15) is 5.69 Å². The first-order chi connectivity index (χ1) is 6.24. The van der Waals surface area contributed by atoms with Gasteiger partial charge < -0.3 is 5.11 Å². The third kappa shape index (κ3) is 2.62. The number of nitrogens with zero attached hydrogens (tertiary/aromatic N) is 2. The maximum Gasteiger partial charge on any atom is 0.332 e. The number of rotatable bonds is 4. The first kappa shape index (κ1) is 9.31. The van der Waals surface area contributed by atoms with Crippen LogP contribution < -0.4 is 0 Å². The zero-order chi connectivity index (χ0) is 9.68. The molecule has 5 nitrogen and oxygen atoms in total. The Morgan fingerprint density at radius 3 is 2.85 bits per heavy atom. The predicted molar refractivity (Wildman–Crippen MR) is 45.2 cm³/mol. The van der Waals surface area contributed by atoms with Crippen LogP contribution in [0.2, 0.25) is 0 Å². The Bertz CT molecular complexity index is 300. The van der Waals surface area contributed by atoms with Gasteiger partial charge >= 0.3 is 5.97 Å². The summed E-state index contributed by atoms with van der Waals surface area (Å²) in [4.78, 5) is 24.4. The molecule has 0 spiro atoms. The van der Waals surface area contributed by atoms with Crippen molar-refractivity contribution in [3.8, 4) is 0 Å². The van der Waals surface area contributed by atoms with Crippen molar-refractivity contribution in [3.05, 3.63) is 35.0 Å². The molecule has 1 heterocycles. The molecule has 5 heteroatoms. The molecule has 13 heavy (non-hydrogen) atoms. The second kappa shape index (κ2) is 4.30. The second-order valence-electron chi connectivity index (χ2n) is 2.48. The fraction of sp³-hybridized carbons (Fsp3) is 0.250. The lowest BCUT2D eigenvalue weighted by molar-refractivity contribution is -0.138. The molecule has 1 unspecified atom stereocenters. The lowest BCUT2D eigenvalue weighted by Crippen LogP contribution is -2.20. The number of aliphatic carboxylic acids is 1. The Labute approximate surface area is 74.4 Å². The summed E-state index contributed by atoms with van der Waals surface area (Å²) in [7, 11) is 0. The number of pyridine rings is 1. The lowest BCUT2D eigenvalue weighted by atomic mass is 10.1. The van der Waals surface area contributed by atoms with Crippen molar-refractivity contribution in [2.75, 3.05) is 0 Å². The highest BCUT2D eigenvalue weighted by molar-refractivity contribution is 5.73. The molecule has 1 rings (SSSR count). The molecular weight excluding hydrogens is 172 g/mol. The van der Waals surface area contributed by atoms with Gasteiger partial charge in [0, 0.05) is 18.3 Å². The molecule has 0 aromatic carbocycles. The van der Waals surface area contributed by atoms with Crippen LogP contribution in [-0.4, -0.2) is 22.1 Å². The molecular formula is C8H8N2O3. The van der Waals surface area contributed by atoms with Crippen LogP contribution in [0.5, 0.6) is 0 Å². The molecule has 0 aliphatic carbocycles. The van der Waals surface area contributed by atoms with Crippen molar-refractivity contribution in [2.45, 2.75) is 12.5 Å². The average Bonchev–Trinajstić information content (AvgIpc) is 2.15. The fourth-order valence-electron chi connectivity index (χ4n) is 0.887. The Hall–Kier alpha value is -1.78. The summed E-state index contributed by atoms with van der Waals surface area (Å²) in [6.07, 6.45) is 1.58. The molecule has 0 amide bonds. The standard InChI is InChI=1S/C8H8N2O3/c11-8(12)7(10-13)5-6-3-1-2-4-9-6/h1-4,7H,5H2,(H,11,12). The van der Waals surface area contributed by atoms with Crippen LogP contribution in [0, 0.1) is 4.91 Å². The van der Waals surface area contributed by atoms with E-state index >= 15 is 0 Å². The number of nitroso groups, excluding NO2 is 1. The summed E-state index contributed by atoms with van der Waals surface area (Å²) in [5.41, 5.74) is 0.550. The predicted octanol–water partition coefficient (Wildman–Crippen LogP) is 0.844. The van der Waals surface area contributed by atoms with Crippen molar-refractivity contribution >= 4 is 5.97 Å². The summed E-state index contributed by atoms with van der Waals surface area (Å²) >= 11 is 0. The van der Waals surface area contributed by atoms with Gasteiger partial charge in [0.1, 0.15) is 0 Å². The second-order valence-corrected chi connectivity index (χ2v) is 2.48. The van der Waals surface area contributed by atoms with Crippen LogP contribution in [0.15, 0.2) is 29.6 Å². The average molecular weight is 180 g/mol. The number of hydrogen-bond donors (Lipinski definition) is 1. The van der Waals surface area contributed by atoms with E-state index in [9.17, 15) is 9.70 Å². The van der Waals surface area contributed by atoms with E-state index in [2.05, 4.69) is 10.2 Å². The molecule has 0 aliphatic heterocycles. The third-order valence-electron chi connectivity index (χ3n) is 1.54. The molecule has 68 valence electrons. The van der Waals surface area contributed by atoms with Crippen LogP contribution in [0.4, 0.5) is 0 Å². The van der Waals surface area contributed by atoms with Crippen LogP contribution in [0.25, 0.3) is 0 Å². The van der Waals surface area contributed by atoms with Crippen molar-refractivity contribution in [3.63, 3.8) is 0 Å². The largest absolute Gasteiger partial charge is 0.480 e. The van der Waals surface area contributed by atoms with Gasteiger partial charge in [-0.3, -0.25) is 4.98 Å². The molecule has 0 fully saturated rings. The van der Waals surface area contributed by atoms with Gasteiger partial charge in [-0.05, 0) is 12.1 Å². The summed E-state index contributed by atoms with van der Waals surface area (Å²) in [5.74, 6) is -1.22. The number of carbonyl (C=O) groups is 1. The van der Waals surface area contributed by atoms with Gasteiger partial charge in [0.2, 0.25) is 0 Å². The summed E-state index contributed by atoms with van der Waals surface area (Å²) in [5, 5.41) is 11.0. The van der Waals surface area contributed by atoms with E-state index in [0.717, 1.165) is 0 Å². The molecule has 0 aliphatic rings. The number of carboxylic acid groups (broad SMARTS) is 1. The van der Waals surface area contributed by atoms with Crippen LogP contribution in [-0.2, 0) is 11.2 Å². The van der Waals surface area contributed by atoms with Gasteiger partial charge in [0.25, 0.3) is 0 Å². The van der Waals surface area contributed by atoms with Gasteiger partial charge in [0.05, 0.1) is 0 Å². The highest BCUT2D eigenvalue weighted by atomic mass is 16.4. The van der Waals surface area contributed by atoms with Gasteiger partial charge in [-0.1, -0.05) is 11.2 Å². The monoisotopic (exact) mass is 180 g/mol. The van der Waals surface area contributed by atoms with E-state index < -0.39 is 12.0 Å². The number of carboxylic acids is 1. The maximum atomic E-state index is 10.4. The lowest BCUT2D eigenvalue weighted by Gasteiger charge is -2.01. The van der Waals surface area contributed by atoms with Gasteiger partial charge in [-0.25, -0.2) is 4.79 Å². The Morgan fingerprint density at radius 1 is 1.62 bits per heavy atom. The Balaban J connectivity index is 2.67. The molecule has 1 N–H and O–H groups in total. The van der Waals surface area contributed by atoms with Crippen molar-refractivity contribution < 1.29 is 9.90 Å². The molecule has 1 aromatic rings. The van der Waals surface area contributed by atoms with Crippen LogP contribution >= 0.6 is 0 Å². The highest BCUT2D eigenvalue weighted by Crippen LogP contribution is 2.02. The van der Waals surface area contributed by atoms with E-state index in [0.29, 0.717) is 5.69 Å². The van der Waals surface area contributed by atoms with E-state index in [1.165, 1.54) is 0 Å². The highest BCUT2D eigenvalue weighted by Gasteiger charge is 2.18. The summed E-state index contributed by atoms with van der Waals surface area (Å²) in [6, 6.07) is 3.86. The van der Waals surface area contributed by atoms with Crippen LogP contribution in [0.3, 0.4) is 0 Å². The van der Waals surface area contributed by atoms with Gasteiger partial charge in [-0.15, -0.1) is 4.91 Å². The topological polar surface area (TPSA) is 79.6 Å². The quantitative estimate of drug-likeness (QED) is 0.696. The minimum Gasteiger partial charge on any atom is -0.480 e. The first-order valence-corrected chi connectivity index (χ1v) is 3.69. The SMILES string of the molecule is O=NC(Cc1ccccn1)C(=O)O. The van der Waals surface area contributed by atoms with E-state index in [-0.39, 0.29) is 6.42 Å². The smallest absolute Gasteiger partial charge is 0.332 e. The Morgan fingerprint density at radius 2 is 2.38 bits per heavy atom. The maximum absolute atomic E-state index is 10.4. The van der Waals surface area contributed by atoms with E-state index in [4.69, 9.17) is 5.11 Å². The Kier molecular flexibility index (Phi) is 3.08. The first-order valence-electron chi connectivity index (χ1n) is 3.69. The number of aromatic nitrogens is 1. The van der Waals surface area contributed by atoms with E-state index in [1.807, 2.05) is 0 Å². The summed E-state index contributed by atoms with van der Waals surface area (Å²) in [6.45, 7) is 0. The molecule has 0 saturated carbocycles. The summed E-state index contributed by atoms with van der Waals surface area (Å²) < 4.78 is 0. The molecule has 0 bridgehead atoms. The van der Waals surface area contributed by atoms with E-state index in [1.54, 1.807) is 24.4 Å². The number of hydrogen-bond acceptors (Lipinski definition) is 4. The van der Waals surface area contributed by atoms with Gasteiger partial charge in [-0.2, -0.15) is 0 Å². The fourth-order valence-corrected chi connectivity index (χ4v) is 0.887. The zero-order valence-electron chi connectivity index (χ0n) is 6.75. The van der Waals surface area contributed by atoms with Crippen molar-refractivity contribution in [1.82, 2.24) is 4.98 Å². The molecule has 0 saturated heterocycles. The third-order valence-corrected chi connectivity index (χ3v) is 1.54. The minimum atomic E-state index is -1.24. The normalized spacial score (nSPS) is 12.0. The van der Waals surface area contributed by atoms with Crippen molar-refractivity contribution in [2.24, 2.45) is 5.18 Å². The zero-order valence-corrected chi connectivity index (χ0v) is 6.75. The molecule has 0 radical (unpaired) electrons. The van der Waals surface area contributed by atoms with Gasteiger partial charge in [0.15, 0.2) is 6.04 Å². The molecule has 1 aromatic heterocycles. The minimum absolute atomic E-state index is 0.0413. The molecule has 1 atom stereocenters. The van der Waals surface area contributed by atoms with Crippen molar-refractivity contribution in [1.29, 1.82) is 0 Å².